The molecule has 1 heterocycles. The van der Waals surface area contributed by atoms with Gasteiger partial charge in [0.1, 0.15) is 0 Å². The Balaban J connectivity index is 2.87. The van der Waals surface area contributed by atoms with Crippen molar-refractivity contribution >= 4 is 0 Å². The second-order valence-electron chi connectivity index (χ2n) is 1.84. The van der Waals surface area contributed by atoms with Crippen LogP contribution in [0.4, 0.5) is 22.6 Å². The Morgan fingerprint density at radius 3 is 1.08 bits per heavy atom. The van der Waals surface area contributed by atoms with Crippen molar-refractivity contribution in [3.05, 3.63) is 0 Å². The maximum absolute atomic E-state index is 11.5. The van der Waals surface area contributed by atoms with Crippen molar-refractivity contribution in [3.63, 3.8) is 0 Å². The monoisotopic (exact) mass is 213 g/mol. The van der Waals surface area contributed by atoms with Gasteiger partial charge in [0.2, 0.25) is 0 Å². The van der Waals surface area contributed by atoms with Gasteiger partial charge in [0.15, 0.2) is 0 Å². The van der Waals surface area contributed by atoms with Crippen LogP contribution >= 0.6 is 0 Å². The number of hydroxylamine groups is 2. The Bertz CT molecular complexity index is 166. The maximum atomic E-state index is 11.5. The van der Waals surface area contributed by atoms with Crippen LogP contribution in [0.15, 0.2) is 0 Å². The molecule has 6 nitrogen and oxygen atoms in total. The van der Waals surface area contributed by atoms with E-state index in [-0.39, 0.29) is 0 Å². The summed E-state index contributed by atoms with van der Waals surface area (Å²) in [5.74, 6) is -7.16. The summed E-state index contributed by atoms with van der Waals surface area (Å²) in [7, 11) is 0. The Hall–Kier alpha value is -0.590. The minimum absolute atomic E-state index is 0.833. The number of nitrogens with zero attached hydrogens (tertiary/aromatic N) is 1. The molecule has 11 heteroatoms. The van der Waals surface area contributed by atoms with Crippen LogP contribution in [-0.2, 0) is 24.8 Å². The summed E-state index contributed by atoms with van der Waals surface area (Å²) in [5, 5.41) is 1.70. The number of rotatable bonds is 5. The van der Waals surface area contributed by atoms with Crippen LogP contribution in [-0.4, -0.2) is 16.9 Å². The third kappa shape index (κ3) is 0.962. The average Bonchev–Trinajstić information content (AvgIpc) is 2.79. The molecular formula is C2F5NO5. The van der Waals surface area contributed by atoms with Crippen molar-refractivity contribution in [1.82, 2.24) is 5.06 Å². The first kappa shape index (κ1) is 10.5. The average molecular weight is 213 g/mol. The van der Waals surface area contributed by atoms with Gasteiger partial charge in [-0.3, -0.25) is 0 Å². The maximum Gasteiger partial charge on any atom is 0.405 e. The van der Waals surface area contributed by atoms with E-state index in [1.807, 2.05) is 0 Å². The highest BCUT2D eigenvalue weighted by atomic mass is 19.3. The predicted octanol–water partition coefficient (Wildman–Crippen LogP) is 1.03. The molecule has 1 aliphatic rings. The summed E-state index contributed by atoms with van der Waals surface area (Å²) in [4.78, 5) is 10.1. The van der Waals surface area contributed by atoms with E-state index < -0.39 is 16.9 Å². The highest BCUT2D eigenvalue weighted by molar-refractivity contribution is 4.98. The van der Waals surface area contributed by atoms with Crippen LogP contribution < -0.4 is 0 Å². The van der Waals surface area contributed by atoms with Crippen molar-refractivity contribution in [1.29, 1.82) is 0 Å². The molecule has 1 saturated heterocycles. The standard InChI is InChI=1S/C2F5NO5/c3-9-1(10-4)2(11-5,12-6)8(1)13-7. The van der Waals surface area contributed by atoms with E-state index in [4.69, 9.17) is 0 Å². The first-order valence-corrected chi connectivity index (χ1v) is 2.47. The molecule has 0 spiro atoms. The summed E-state index contributed by atoms with van der Waals surface area (Å²) in [6.07, 6.45) is 0. The van der Waals surface area contributed by atoms with Crippen LogP contribution in [0.25, 0.3) is 0 Å². The van der Waals surface area contributed by atoms with Gasteiger partial charge in [0.25, 0.3) is 0 Å². The summed E-state index contributed by atoms with van der Waals surface area (Å²) < 4.78 is 57.3. The van der Waals surface area contributed by atoms with Gasteiger partial charge in [-0.15, -0.1) is 19.8 Å². The first-order chi connectivity index (χ1) is 6.19. The molecule has 0 amide bonds. The Kier molecular flexibility index (Phi) is 2.65. The van der Waals surface area contributed by atoms with E-state index in [1.54, 1.807) is 0 Å². The Labute approximate surface area is 65.7 Å². The van der Waals surface area contributed by atoms with Gasteiger partial charge in [0, 0.05) is 0 Å². The zero-order valence-corrected chi connectivity index (χ0v) is 5.38. The highest BCUT2D eigenvalue weighted by Crippen LogP contribution is 2.56. The molecule has 0 bridgehead atoms. The largest absolute Gasteiger partial charge is 0.405 e. The zero-order chi connectivity index (χ0) is 10.1. The first-order valence-electron chi connectivity index (χ1n) is 2.47. The smallest absolute Gasteiger partial charge is 0.127 e. The lowest BCUT2D eigenvalue weighted by Crippen LogP contribution is -2.29. The molecule has 78 valence electrons. The van der Waals surface area contributed by atoms with E-state index in [0.29, 0.717) is 0 Å². The van der Waals surface area contributed by atoms with E-state index in [2.05, 4.69) is 24.8 Å². The van der Waals surface area contributed by atoms with Crippen LogP contribution in [0.5, 0.6) is 0 Å². The number of halogens is 5. The molecule has 13 heavy (non-hydrogen) atoms. The molecule has 1 aliphatic heterocycles. The van der Waals surface area contributed by atoms with Gasteiger partial charge in [-0.1, -0.05) is 5.04 Å². The molecular weight excluding hydrogens is 213 g/mol. The van der Waals surface area contributed by atoms with Crippen molar-refractivity contribution in [2.75, 3.05) is 0 Å². The predicted molar refractivity (Wildman–Crippen MR) is 18.3 cm³/mol. The van der Waals surface area contributed by atoms with E-state index in [0.717, 1.165) is 0 Å². The van der Waals surface area contributed by atoms with Crippen molar-refractivity contribution in [3.8, 4) is 0 Å². The van der Waals surface area contributed by atoms with Gasteiger partial charge in [-0.05, 0) is 27.7 Å². The van der Waals surface area contributed by atoms with Crippen LogP contribution in [0.3, 0.4) is 0 Å². The van der Waals surface area contributed by atoms with Gasteiger partial charge in [0.05, 0.1) is 0 Å². The summed E-state index contributed by atoms with van der Waals surface area (Å²) in [6, 6.07) is 0. The van der Waals surface area contributed by atoms with Gasteiger partial charge >= 0.3 is 11.8 Å². The van der Waals surface area contributed by atoms with E-state index >= 15 is 0 Å². The van der Waals surface area contributed by atoms with Crippen molar-refractivity contribution in [2.24, 2.45) is 0 Å². The second-order valence-corrected chi connectivity index (χ2v) is 1.84. The molecule has 0 radical (unpaired) electrons. The normalized spacial score (nSPS) is 24.7. The quantitative estimate of drug-likeness (QED) is 0.386. The molecule has 0 aliphatic carbocycles. The van der Waals surface area contributed by atoms with Crippen molar-refractivity contribution < 1.29 is 47.4 Å². The number of hydrogen-bond donors (Lipinski definition) is 0. The third-order valence-electron chi connectivity index (χ3n) is 1.37. The number of hydrogen-bond acceptors (Lipinski definition) is 6. The third-order valence-corrected chi connectivity index (χ3v) is 1.37. The van der Waals surface area contributed by atoms with E-state index in [1.165, 1.54) is 0 Å². The Morgan fingerprint density at radius 2 is 1.00 bits per heavy atom. The summed E-state index contributed by atoms with van der Waals surface area (Å²) >= 11 is 0. The minimum atomic E-state index is -3.58. The van der Waals surface area contributed by atoms with Gasteiger partial charge in [-0.25, -0.2) is 0 Å². The highest BCUT2D eigenvalue weighted by Gasteiger charge is 2.93. The topological polar surface area (TPSA) is 49.2 Å². The molecule has 0 saturated carbocycles. The Morgan fingerprint density at radius 1 is 0.692 bits per heavy atom. The van der Waals surface area contributed by atoms with Crippen molar-refractivity contribution in [2.45, 2.75) is 11.8 Å². The van der Waals surface area contributed by atoms with Gasteiger partial charge < -0.3 is 0 Å². The lowest BCUT2D eigenvalue weighted by molar-refractivity contribution is -0.462. The van der Waals surface area contributed by atoms with E-state index in [9.17, 15) is 22.6 Å². The second kappa shape index (κ2) is 3.28. The summed E-state index contributed by atoms with van der Waals surface area (Å²) in [5.41, 5.74) is 0. The molecule has 0 unspecified atom stereocenters. The lowest BCUT2D eigenvalue weighted by Gasteiger charge is -2.03. The molecule has 0 aromatic heterocycles. The van der Waals surface area contributed by atoms with Crippen LogP contribution in [0.2, 0.25) is 0 Å². The van der Waals surface area contributed by atoms with Crippen LogP contribution in [0.1, 0.15) is 0 Å². The summed E-state index contributed by atoms with van der Waals surface area (Å²) in [6.45, 7) is 0. The minimum Gasteiger partial charge on any atom is -0.127 e. The van der Waals surface area contributed by atoms with Crippen LogP contribution in [0, 0.1) is 0 Å². The molecule has 0 aromatic rings. The lowest BCUT2D eigenvalue weighted by atomic mass is 10.6. The SMILES string of the molecule is FON1C(OF)(OF)C1(OF)OF. The molecule has 1 fully saturated rings. The zero-order valence-electron chi connectivity index (χ0n) is 5.38. The molecule has 1 rings (SSSR count). The fraction of sp³-hybridized carbons (Fsp3) is 1.00. The molecule has 0 atom stereocenters. The van der Waals surface area contributed by atoms with Gasteiger partial charge in [-0.2, -0.15) is 0 Å². The fourth-order valence-electron chi connectivity index (χ4n) is 0.696. The molecule has 0 N–H and O–H groups in total. The fourth-order valence-corrected chi connectivity index (χ4v) is 0.696. The molecule has 0 aromatic carbocycles.